The van der Waals surface area contributed by atoms with E-state index in [0.29, 0.717) is 0 Å². The first-order valence-electron chi connectivity index (χ1n) is 6.11. The highest BCUT2D eigenvalue weighted by atomic mass is 32.1. The van der Waals surface area contributed by atoms with Crippen LogP contribution in [0.2, 0.25) is 0 Å². The highest BCUT2D eigenvalue weighted by molar-refractivity contribution is 7.11. The predicted molar refractivity (Wildman–Crippen MR) is 68.8 cm³/mol. The van der Waals surface area contributed by atoms with E-state index in [-0.39, 0.29) is 0 Å². The molecule has 1 fully saturated rings. The van der Waals surface area contributed by atoms with E-state index in [4.69, 9.17) is 0 Å². The van der Waals surface area contributed by atoms with Gasteiger partial charge in [0, 0.05) is 22.8 Å². The van der Waals surface area contributed by atoms with E-state index >= 15 is 0 Å². The Hall–Kier alpha value is -0.380. The van der Waals surface area contributed by atoms with E-state index in [1.165, 1.54) is 9.75 Å². The quantitative estimate of drug-likeness (QED) is 0.876. The lowest BCUT2D eigenvalue weighted by atomic mass is 9.95. The number of nitrogens with zero attached hydrogens (tertiary/aromatic N) is 1. The molecule has 2 rings (SSSR count). The van der Waals surface area contributed by atoms with Gasteiger partial charge < -0.3 is 5.11 Å². The third-order valence-corrected chi connectivity index (χ3v) is 4.41. The molecule has 2 nitrogen and oxygen atoms in total. The van der Waals surface area contributed by atoms with Crippen LogP contribution < -0.4 is 0 Å². The Morgan fingerprint density at radius 1 is 1.44 bits per heavy atom. The Kier molecular flexibility index (Phi) is 3.67. The third kappa shape index (κ3) is 3.06. The summed E-state index contributed by atoms with van der Waals surface area (Å²) in [6.45, 7) is 7.08. The van der Waals surface area contributed by atoms with E-state index in [9.17, 15) is 5.11 Å². The minimum absolute atomic E-state index is 0.483. The first-order valence-corrected chi connectivity index (χ1v) is 6.93. The van der Waals surface area contributed by atoms with Crippen molar-refractivity contribution in [2.75, 3.05) is 13.1 Å². The molecule has 1 unspecified atom stereocenters. The van der Waals surface area contributed by atoms with E-state index in [2.05, 4.69) is 24.0 Å². The molecule has 0 amide bonds. The molecule has 0 radical (unpaired) electrons. The Balaban J connectivity index is 1.94. The fraction of sp³-hybridized carbons (Fsp3) is 0.692. The average molecular weight is 239 g/mol. The number of aryl methyl sites for hydroxylation is 1. The van der Waals surface area contributed by atoms with Gasteiger partial charge in [-0.25, -0.2) is 0 Å². The van der Waals surface area contributed by atoms with Gasteiger partial charge in [0.1, 0.15) is 0 Å². The van der Waals surface area contributed by atoms with Gasteiger partial charge in [0.15, 0.2) is 0 Å². The molecule has 3 heteroatoms. The highest BCUT2D eigenvalue weighted by Gasteiger charge is 2.28. The molecule has 0 spiro atoms. The monoisotopic (exact) mass is 239 g/mol. The summed E-state index contributed by atoms with van der Waals surface area (Å²) in [5.74, 6) is 0. The summed E-state index contributed by atoms with van der Waals surface area (Å²) >= 11 is 1.90. The molecule has 1 aromatic heterocycles. The molecular formula is C13H21NOS. The highest BCUT2D eigenvalue weighted by Crippen LogP contribution is 2.24. The van der Waals surface area contributed by atoms with E-state index in [1.807, 2.05) is 18.3 Å². The fourth-order valence-corrected chi connectivity index (χ4v) is 3.38. The summed E-state index contributed by atoms with van der Waals surface area (Å²) in [5, 5.41) is 10.0. The number of likely N-dealkylation sites (tertiary alicyclic amines) is 1. The number of hydrogen-bond donors (Lipinski definition) is 1. The summed E-state index contributed by atoms with van der Waals surface area (Å²) in [7, 11) is 0. The Labute approximate surface area is 102 Å². The summed E-state index contributed by atoms with van der Waals surface area (Å²) in [5.41, 5.74) is -0.483. The number of thiophene rings is 1. The first kappa shape index (κ1) is 12.1. The van der Waals surface area contributed by atoms with Crippen LogP contribution in [0.3, 0.4) is 0 Å². The summed E-state index contributed by atoms with van der Waals surface area (Å²) in [4.78, 5) is 5.25. The van der Waals surface area contributed by atoms with E-state index < -0.39 is 5.60 Å². The maximum absolute atomic E-state index is 10.0. The zero-order chi connectivity index (χ0) is 11.6. The van der Waals surface area contributed by atoms with Crippen LogP contribution in [0.15, 0.2) is 12.1 Å². The molecule has 0 aliphatic carbocycles. The Morgan fingerprint density at radius 2 is 2.19 bits per heavy atom. The topological polar surface area (TPSA) is 23.5 Å². The molecule has 1 aromatic rings. The Bertz CT molecular complexity index is 345. The lowest BCUT2D eigenvalue weighted by Crippen LogP contribution is -2.45. The SMILES string of the molecule is CCc1ccc(CN2CCCC(C)(O)C2)s1. The molecule has 0 saturated carbocycles. The van der Waals surface area contributed by atoms with Gasteiger partial charge in [0.2, 0.25) is 0 Å². The summed E-state index contributed by atoms with van der Waals surface area (Å²) in [6, 6.07) is 4.45. The minimum atomic E-state index is -0.483. The number of aliphatic hydroxyl groups is 1. The molecule has 0 aromatic carbocycles. The normalized spacial score (nSPS) is 27.2. The summed E-state index contributed by atoms with van der Waals surface area (Å²) in [6.07, 6.45) is 3.18. The molecule has 16 heavy (non-hydrogen) atoms. The molecule has 1 atom stereocenters. The van der Waals surface area contributed by atoms with Gasteiger partial charge in [-0.15, -0.1) is 11.3 Å². The van der Waals surface area contributed by atoms with Gasteiger partial charge in [-0.1, -0.05) is 6.92 Å². The zero-order valence-electron chi connectivity index (χ0n) is 10.2. The molecule has 1 N–H and O–H groups in total. The fourth-order valence-electron chi connectivity index (χ4n) is 2.38. The second-order valence-corrected chi connectivity index (χ2v) is 6.29. The van der Waals surface area contributed by atoms with Crippen LogP contribution in [0.25, 0.3) is 0 Å². The van der Waals surface area contributed by atoms with Crippen LogP contribution in [0.4, 0.5) is 0 Å². The van der Waals surface area contributed by atoms with Crippen LogP contribution in [-0.2, 0) is 13.0 Å². The standard InChI is InChI=1S/C13H21NOS/c1-3-11-5-6-12(16-11)9-14-8-4-7-13(2,15)10-14/h5-6,15H,3-4,7-10H2,1-2H3. The van der Waals surface area contributed by atoms with Gasteiger partial charge in [0.25, 0.3) is 0 Å². The van der Waals surface area contributed by atoms with Crippen molar-refractivity contribution in [2.24, 2.45) is 0 Å². The van der Waals surface area contributed by atoms with Crippen molar-refractivity contribution in [1.82, 2.24) is 4.90 Å². The molecule has 1 saturated heterocycles. The number of rotatable bonds is 3. The van der Waals surface area contributed by atoms with Crippen molar-refractivity contribution in [3.8, 4) is 0 Å². The molecule has 0 bridgehead atoms. The molecule has 1 aliphatic rings. The largest absolute Gasteiger partial charge is 0.389 e. The zero-order valence-corrected chi connectivity index (χ0v) is 11.0. The van der Waals surface area contributed by atoms with Crippen LogP contribution in [0, 0.1) is 0 Å². The van der Waals surface area contributed by atoms with Crippen LogP contribution in [-0.4, -0.2) is 28.7 Å². The van der Waals surface area contributed by atoms with Gasteiger partial charge in [-0.2, -0.15) is 0 Å². The molecule has 2 heterocycles. The third-order valence-electron chi connectivity index (χ3n) is 3.20. The summed E-state index contributed by atoms with van der Waals surface area (Å²) < 4.78 is 0. The second-order valence-electron chi connectivity index (χ2n) is 5.03. The smallest absolute Gasteiger partial charge is 0.0746 e. The molecular weight excluding hydrogens is 218 g/mol. The van der Waals surface area contributed by atoms with Gasteiger partial charge >= 0.3 is 0 Å². The lowest BCUT2D eigenvalue weighted by molar-refractivity contribution is -0.0178. The van der Waals surface area contributed by atoms with Crippen LogP contribution >= 0.6 is 11.3 Å². The van der Waals surface area contributed by atoms with Crippen molar-refractivity contribution in [1.29, 1.82) is 0 Å². The maximum Gasteiger partial charge on any atom is 0.0746 e. The van der Waals surface area contributed by atoms with E-state index in [0.717, 1.165) is 38.9 Å². The van der Waals surface area contributed by atoms with Crippen LogP contribution in [0.1, 0.15) is 36.4 Å². The number of hydrogen-bond acceptors (Lipinski definition) is 3. The van der Waals surface area contributed by atoms with Gasteiger partial charge in [-0.05, 0) is 44.9 Å². The first-order chi connectivity index (χ1) is 7.59. The van der Waals surface area contributed by atoms with Crippen molar-refractivity contribution in [3.63, 3.8) is 0 Å². The number of piperidine rings is 1. The van der Waals surface area contributed by atoms with Gasteiger partial charge in [-0.3, -0.25) is 4.90 Å². The van der Waals surface area contributed by atoms with Gasteiger partial charge in [0.05, 0.1) is 5.60 Å². The molecule has 90 valence electrons. The van der Waals surface area contributed by atoms with Crippen molar-refractivity contribution >= 4 is 11.3 Å². The maximum atomic E-state index is 10.0. The van der Waals surface area contributed by atoms with Crippen molar-refractivity contribution < 1.29 is 5.11 Å². The molecule has 1 aliphatic heterocycles. The lowest BCUT2D eigenvalue weighted by Gasteiger charge is -2.36. The number of β-amino-alcohol motifs (C(OH)–C–C–N with tert-alkyl or cyclic N) is 1. The average Bonchev–Trinajstić information content (AvgIpc) is 2.64. The van der Waals surface area contributed by atoms with Crippen molar-refractivity contribution in [3.05, 3.63) is 21.9 Å². The van der Waals surface area contributed by atoms with Crippen molar-refractivity contribution in [2.45, 2.75) is 45.3 Å². The van der Waals surface area contributed by atoms with E-state index in [1.54, 1.807) is 0 Å². The van der Waals surface area contributed by atoms with Crippen LogP contribution in [0.5, 0.6) is 0 Å². The second kappa shape index (κ2) is 4.86. The predicted octanol–water partition coefficient (Wildman–Crippen LogP) is 2.66. The minimum Gasteiger partial charge on any atom is -0.389 e. The Morgan fingerprint density at radius 3 is 2.81 bits per heavy atom.